The minimum absolute atomic E-state index is 0.231. The van der Waals surface area contributed by atoms with Gasteiger partial charge < -0.3 is 19.9 Å². The number of anilines is 1. The Morgan fingerprint density at radius 1 is 1.30 bits per heavy atom. The highest BCUT2D eigenvalue weighted by Crippen LogP contribution is 2.36. The first-order valence-electron chi connectivity index (χ1n) is 7.04. The van der Waals surface area contributed by atoms with E-state index in [-0.39, 0.29) is 5.92 Å². The van der Waals surface area contributed by atoms with E-state index in [1.807, 2.05) is 26.0 Å². The van der Waals surface area contributed by atoms with E-state index < -0.39 is 12.0 Å². The molecule has 0 amide bonds. The molecule has 5 heteroatoms. The van der Waals surface area contributed by atoms with Crippen molar-refractivity contribution in [3.05, 3.63) is 18.2 Å². The summed E-state index contributed by atoms with van der Waals surface area (Å²) in [6, 6.07) is 4.91. The molecule has 0 aromatic heterocycles. The van der Waals surface area contributed by atoms with Crippen molar-refractivity contribution in [2.75, 3.05) is 18.5 Å². The van der Waals surface area contributed by atoms with Gasteiger partial charge in [0, 0.05) is 11.8 Å². The third-order valence-corrected chi connectivity index (χ3v) is 3.23. The Labute approximate surface area is 118 Å². The van der Waals surface area contributed by atoms with E-state index in [0.717, 1.165) is 18.5 Å². The number of carboxylic acids is 1. The smallest absolute Gasteiger partial charge is 0.326 e. The molecule has 0 heterocycles. The van der Waals surface area contributed by atoms with Gasteiger partial charge in [-0.2, -0.15) is 0 Å². The summed E-state index contributed by atoms with van der Waals surface area (Å²) in [5.41, 5.74) is 0.746. The molecule has 110 valence electrons. The van der Waals surface area contributed by atoms with Crippen LogP contribution in [0.3, 0.4) is 0 Å². The molecule has 1 saturated carbocycles. The van der Waals surface area contributed by atoms with Gasteiger partial charge in [0.25, 0.3) is 0 Å². The van der Waals surface area contributed by atoms with Crippen LogP contribution >= 0.6 is 0 Å². The van der Waals surface area contributed by atoms with Crippen LogP contribution in [0.4, 0.5) is 5.69 Å². The van der Waals surface area contributed by atoms with Crippen molar-refractivity contribution in [1.29, 1.82) is 0 Å². The molecule has 0 spiro atoms. The van der Waals surface area contributed by atoms with E-state index in [1.165, 1.54) is 0 Å². The highest BCUT2D eigenvalue weighted by atomic mass is 16.5. The van der Waals surface area contributed by atoms with Gasteiger partial charge in [-0.25, -0.2) is 4.79 Å². The van der Waals surface area contributed by atoms with E-state index in [1.54, 1.807) is 6.07 Å². The van der Waals surface area contributed by atoms with E-state index in [2.05, 4.69) is 5.32 Å². The zero-order valence-corrected chi connectivity index (χ0v) is 11.9. The maximum Gasteiger partial charge on any atom is 0.326 e. The number of aliphatic carboxylic acids is 1. The van der Waals surface area contributed by atoms with Gasteiger partial charge in [0.2, 0.25) is 0 Å². The fourth-order valence-electron chi connectivity index (χ4n) is 2.13. The minimum Gasteiger partial charge on any atom is -0.490 e. The molecule has 2 rings (SSSR count). The van der Waals surface area contributed by atoms with Gasteiger partial charge >= 0.3 is 5.97 Å². The maximum atomic E-state index is 11.2. The van der Waals surface area contributed by atoms with Crippen molar-refractivity contribution < 1.29 is 19.4 Å². The highest BCUT2D eigenvalue weighted by Gasteiger charge is 2.36. The molecule has 1 aliphatic carbocycles. The molecule has 0 bridgehead atoms. The van der Waals surface area contributed by atoms with Crippen LogP contribution < -0.4 is 14.8 Å². The lowest BCUT2D eigenvalue weighted by Gasteiger charge is -2.17. The molecule has 5 nitrogen and oxygen atoms in total. The van der Waals surface area contributed by atoms with Crippen molar-refractivity contribution in [3.8, 4) is 11.5 Å². The Hall–Kier alpha value is -1.91. The monoisotopic (exact) mass is 279 g/mol. The van der Waals surface area contributed by atoms with Crippen LogP contribution in [0.25, 0.3) is 0 Å². The molecule has 1 aromatic carbocycles. The molecule has 0 aliphatic heterocycles. The first-order valence-corrected chi connectivity index (χ1v) is 7.04. The second kappa shape index (κ2) is 6.50. The van der Waals surface area contributed by atoms with Crippen molar-refractivity contribution in [3.63, 3.8) is 0 Å². The first kappa shape index (κ1) is 14.5. The lowest BCUT2D eigenvalue weighted by Crippen LogP contribution is -2.31. The van der Waals surface area contributed by atoms with Gasteiger partial charge in [-0.15, -0.1) is 0 Å². The molecule has 1 aliphatic rings. The van der Waals surface area contributed by atoms with Crippen molar-refractivity contribution in [2.24, 2.45) is 5.92 Å². The van der Waals surface area contributed by atoms with Gasteiger partial charge in [-0.3, -0.25) is 0 Å². The van der Waals surface area contributed by atoms with Crippen LogP contribution in [0.2, 0.25) is 0 Å². The largest absolute Gasteiger partial charge is 0.490 e. The van der Waals surface area contributed by atoms with Gasteiger partial charge in [0.15, 0.2) is 11.5 Å². The number of carboxylic acid groups (broad SMARTS) is 1. The maximum absolute atomic E-state index is 11.2. The zero-order valence-electron chi connectivity index (χ0n) is 11.9. The summed E-state index contributed by atoms with van der Waals surface area (Å²) in [5, 5.41) is 12.3. The summed E-state index contributed by atoms with van der Waals surface area (Å²) >= 11 is 0. The summed E-state index contributed by atoms with van der Waals surface area (Å²) in [6.45, 7) is 4.91. The highest BCUT2D eigenvalue weighted by molar-refractivity contribution is 5.78. The zero-order chi connectivity index (χ0) is 14.5. The molecular weight excluding hydrogens is 258 g/mol. The third-order valence-electron chi connectivity index (χ3n) is 3.23. The van der Waals surface area contributed by atoms with E-state index in [4.69, 9.17) is 9.47 Å². The fraction of sp³-hybridized carbons (Fsp3) is 0.533. The van der Waals surface area contributed by atoms with Gasteiger partial charge in [-0.1, -0.05) is 0 Å². The number of benzene rings is 1. The Bertz CT molecular complexity index is 471. The topological polar surface area (TPSA) is 67.8 Å². The summed E-state index contributed by atoms with van der Waals surface area (Å²) in [7, 11) is 0. The summed E-state index contributed by atoms with van der Waals surface area (Å²) in [4.78, 5) is 11.2. The average molecular weight is 279 g/mol. The van der Waals surface area contributed by atoms with Gasteiger partial charge in [-0.05, 0) is 44.7 Å². The Kier molecular flexibility index (Phi) is 4.71. The molecule has 20 heavy (non-hydrogen) atoms. The first-order chi connectivity index (χ1) is 9.65. The van der Waals surface area contributed by atoms with Crippen LogP contribution in [-0.2, 0) is 4.79 Å². The molecule has 0 saturated heterocycles. The molecule has 2 N–H and O–H groups in total. The number of carbonyl (C=O) groups is 1. The molecule has 1 unspecified atom stereocenters. The molecular formula is C15H21NO4. The number of hydrogen-bond donors (Lipinski definition) is 2. The Morgan fingerprint density at radius 2 is 1.95 bits per heavy atom. The normalized spacial score (nSPS) is 15.5. The van der Waals surface area contributed by atoms with E-state index >= 15 is 0 Å². The summed E-state index contributed by atoms with van der Waals surface area (Å²) in [6.07, 6.45) is 1.94. The van der Waals surface area contributed by atoms with E-state index in [0.29, 0.717) is 24.7 Å². The number of rotatable bonds is 8. The predicted octanol–water partition coefficient (Wildman–Crippen LogP) is 2.76. The average Bonchev–Trinajstić information content (AvgIpc) is 3.23. The van der Waals surface area contributed by atoms with Crippen molar-refractivity contribution in [2.45, 2.75) is 32.7 Å². The minimum atomic E-state index is -0.806. The van der Waals surface area contributed by atoms with Crippen molar-refractivity contribution >= 4 is 11.7 Å². The lowest BCUT2D eigenvalue weighted by atomic mass is 10.1. The number of ether oxygens (including phenoxy) is 2. The standard InChI is InChI=1S/C15H21NO4/c1-3-19-12-8-7-11(9-13(12)20-4-2)16-14(15(17)18)10-5-6-10/h7-10,14,16H,3-6H2,1-2H3,(H,17,18). The van der Waals surface area contributed by atoms with Gasteiger partial charge in [0.05, 0.1) is 13.2 Å². The Balaban J connectivity index is 2.14. The van der Waals surface area contributed by atoms with Crippen molar-refractivity contribution in [1.82, 2.24) is 0 Å². The Morgan fingerprint density at radius 3 is 2.50 bits per heavy atom. The van der Waals surface area contributed by atoms with Crippen LogP contribution in [0.5, 0.6) is 11.5 Å². The SMILES string of the molecule is CCOc1ccc(NC(C(=O)O)C2CC2)cc1OCC. The quantitative estimate of drug-likeness (QED) is 0.766. The number of hydrogen-bond acceptors (Lipinski definition) is 4. The van der Waals surface area contributed by atoms with E-state index in [9.17, 15) is 9.90 Å². The summed E-state index contributed by atoms with van der Waals surface area (Å²) in [5.74, 6) is 0.742. The predicted molar refractivity (Wildman–Crippen MR) is 76.6 cm³/mol. The van der Waals surface area contributed by atoms with Crippen LogP contribution in [0.1, 0.15) is 26.7 Å². The van der Waals surface area contributed by atoms with Crippen LogP contribution in [0.15, 0.2) is 18.2 Å². The second-order valence-electron chi connectivity index (χ2n) is 4.83. The molecule has 1 atom stereocenters. The molecule has 0 radical (unpaired) electrons. The second-order valence-corrected chi connectivity index (χ2v) is 4.83. The third kappa shape index (κ3) is 3.56. The summed E-state index contributed by atoms with van der Waals surface area (Å²) < 4.78 is 11.0. The molecule has 1 fully saturated rings. The molecule has 1 aromatic rings. The number of nitrogens with one attached hydrogen (secondary N) is 1. The fourth-order valence-corrected chi connectivity index (χ4v) is 2.13. The van der Waals surface area contributed by atoms with Crippen LogP contribution in [0, 0.1) is 5.92 Å². The lowest BCUT2D eigenvalue weighted by molar-refractivity contribution is -0.138. The van der Waals surface area contributed by atoms with Gasteiger partial charge in [0.1, 0.15) is 6.04 Å². The van der Waals surface area contributed by atoms with Crippen LogP contribution in [-0.4, -0.2) is 30.3 Å².